The summed E-state index contributed by atoms with van der Waals surface area (Å²) in [4.78, 5) is 9.05. The Bertz CT molecular complexity index is 1190. The number of aromatic amines is 1. The molecule has 4 N–H and O–H groups in total. The van der Waals surface area contributed by atoms with E-state index in [0.29, 0.717) is 40.5 Å². The van der Waals surface area contributed by atoms with Gasteiger partial charge in [0.2, 0.25) is 5.95 Å². The maximum Gasteiger partial charge on any atom is 0.231 e. The average Bonchev–Trinajstić information content (AvgIpc) is 3.21. The number of rotatable bonds is 6. The summed E-state index contributed by atoms with van der Waals surface area (Å²) in [6.45, 7) is 8.03. The van der Waals surface area contributed by atoms with Crippen molar-refractivity contribution in [3.63, 3.8) is 0 Å². The third-order valence-electron chi connectivity index (χ3n) is 4.48. The quantitative estimate of drug-likeness (QED) is 0.394. The first-order valence-corrected chi connectivity index (χ1v) is 9.37. The van der Waals surface area contributed by atoms with Gasteiger partial charge in [-0.3, -0.25) is 9.78 Å². The SMILES string of the molecule is CCNc1nc(Nc2ccc(F)c3c2cnn3CC(C)(C)O)nc2[nH]nc(C)c12. The highest BCUT2D eigenvalue weighted by atomic mass is 19.1. The second-order valence-corrected chi connectivity index (χ2v) is 7.56. The Hall–Kier alpha value is -3.27. The summed E-state index contributed by atoms with van der Waals surface area (Å²) in [6, 6.07) is 2.98. The number of benzene rings is 1. The van der Waals surface area contributed by atoms with Gasteiger partial charge in [-0.2, -0.15) is 20.2 Å². The number of hydrogen-bond donors (Lipinski definition) is 4. The summed E-state index contributed by atoms with van der Waals surface area (Å²) in [6.07, 6.45) is 1.57. The molecular formula is C19H23FN8O. The molecule has 29 heavy (non-hydrogen) atoms. The predicted octanol–water partition coefficient (Wildman–Crippen LogP) is 3.10. The van der Waals surface area contributed by atoms with Gasteiger partial charge in [0, 0.05) is 11.9 Å². The van der Waals surface area contributed by atoms with Crippen molar-refractivity contribution in [2.75, 3.05) is 17.2 Å². The highest BCUT2D eigenvalue weighted by molar-refractivity contribution is 5.94. The van der Waals surface area contributed by atoms with Gasteiger partial charge in [-0.25, -0.2) is 4.39 Å². The maximum absolute atomic E-state index is 14.5. The standard InChI is InChI=1S/C19H23FN8O/c1-5-21-16-14-10(2)26-27-17(14)25-18(24-16)23-13-7-6-12(20)15-11(13)8-22-28(15)9-19(3,4)29/h6-8,29H,5,9H2,1-4H3,(H3,21,23,24,25,26,27). The summed E-state index contributed by atoms with van der Waals surface area (Å²) >= 11 is 0. The van der Waals surface area contributed by atoms with Crippen LogP contribution in [0.2, 0.25) is 0 Å². The second-order valence-electron chi connectivity index (χ2n) is 7.56. The minimum Gasteiger partial charge on any atom is -0.389 e. The molecule has 4 rings (SSSR count). The van der Waals surface area contributed by atoms with Crippen molar-refractivity contribution >= 4 is 39.4 Å². The zero-order valence-corrected chi connectivity index (χ0v) is 16.7. The highest BCUT2D eigenvalue weighted by Crippen LogP contribution is 2.30. The Labute approximate surface area is 166 Å². The fourth-order valence-corrected chi connectivity index (χ4v) is 3.30. The normalized spacial score (nSPS) is 12.1. The van der Waals surface area contributed by atoms with Crippen LogP contribution in [0.5, 0.6) is 0 Å². The van der Waals surface area contributed by atoms with Crippen molar-refractivity contribution in [1.29, 1.82) is 0 Å². The van der Waals surface area contributed by atoms with Crippen LogP contribution in [0.15, 0.2) is 18.3 Å². The number of aryl methyl sites for hydroxylation is 1. The van der Waals surface area contributed by atoms with E-state index in [9.17, 15) is 9.50 Å². The van der Waals surface area contributed by atoms with Gasteiger partial charge in [0.15, 0.2) is 5.65 Å². The maximum atomic E-state index is 14.5. The van der Waals surface area contributed by atoms with E-state index in [1.54, 1.807) is 26.1 Å². The minimum absolute atomic E-state index is 0.164. The first-order valence-electron chi connectivity index (χ1n) is 9.37. The summed E-state index contributed by atoms with van der Waals surface area (Å²) in [5, 5.41) is 29.2. The molecule has 9 nitrogen and oxygen atoms in total. The molecule has 0 fully saturated rings. The Balaban J connectivity index is 1.78. The average molecular weight is 398 g/mol. The van der Waals surface area contributed by atoms with Crippen LogP contribution < -0.4 is 10.6 Å². The van der Waals surface area contributed by atoms with Crippen molar-refractivity contribution in [2.45, 2.75) is 39.8 Å². The molecule has 0 spiro atoms. The van der Waals surface area contributed by atoms with Crippen molar-refractivity contribution in [1.82, 2.24) is 29.9 Å². The van der Waals surface area contributed by atoms with Gasteiger partial charge in [0.05, 0.1) is 35.1 Å². The zero-order valence-electron chi connectivity index (χ0n) is 16.7. The van der Waals surface area contributed by atoms with Crippen LogP contribution >= 0.6 is 0 Å². The van der Waals surface area contributed by atoms with E-state index in [0.717, 1.165) is 11.1 Å². The Kier molecular flexibility index (Phi) is 4.58. The Morgan fingerprint density at radius 1 is 1.28 bits per heavy atom. The van der Waals surface area contributed by atoms with Crippen LogP contribution in [0.25, 0.3) is 21.9 Å². The number of fused-ring (bicyclic) bond motifs is 2. The molecule has 152 valence electrons. The van der Waals surface area contributed by atoms with Crippen molar-refractivity contribution in [3.8, 4) is 0 Å². The van der Waals surface area contributed by atoms with Gasteiger partial charge in [-0.05, 0) is 39.8 Å². The third kappa shape index (κ3) is 3.58. The highest BCUT2D eigenvalue weighted by Gasteiger charge is 2.20. The van der Waals surface area contributed by atoms with Crippen molar-refractivity contribution in [2.24, 2.45) is 0 Å². The fourth-order valence-electron chi connectivity index (χ4n) is 3.30. The van der Waals surface area contributed by atoms with Crippen LogP contribution in [0.4, 0.5) is 21.8 Å². The number of nitrogens with zero attached hydrogens (tertiary/aromatic N) is 5. The van der Waals surface area contributed by atoms with Gasteiger partial charge >= 0.3 is 0 Å². The summed E-state index contributed by atoms with van der Waals surface area (Å²) in [5.74, 6) is 0.601. The molecule has 0 bridgehead atoms. The van der Waals surface area contributed by atoms with E-state index in [1.165, 1.54) is 10.7 Å². The number of hydrogen-bond acceptors (Lipinski definition) is 7. The van der Waals surface area contributed by atoms with Crippen LogP contribution in [0, 0.1) is 12.7 Å². The van der Waals surface area contributed by atoms with Gasteiger partial charge in [-0.1, -0.05) is 0 Å². The van der Waals surface area contributed by atoms with Crippen molar-refractivity contribution < 1.29 is 9.50 Å². The fraction of sp³-hybridized carbons (Fsp3) is 0.368. The molecule has 1 aromatic carbocycles. The van der Waals surface area contributed by atoms with Crippen molar-refractivity contribution in [3.05, 3.63) is 29.8 Å². The number of aromatic nitrogens is 6. The molecule has 0 radical (unpaired) electrons. The van der Waals surface area contributed by atoms with Gasteiger partial charge in [0.25, 0.3) is 0 Å². The second kappa shape index (κ2) is 6.96. The molecule has 0 unspecified atom stereocenters. The lowest BCUT2D eigenvalue weighted by Gasteiger charge is -2.17. The number of aliphatic hydroxyl groups is 1. The number of H-pyrrole nitrogens is 1. The van der Waals surface area contributed by atoms with Gasteiger partial charge < -0.3 is 15.7 Å². The van der Waals surface area contributed by atoms with Crippen LogP contribution in [-0.2, 0) is 6.54 Å². The van der Waals surface area contributed by atoms with Crippen LogP contribution in [0.1, 0.15) is 26.5 Å². The third-order valence-corrected chi connectivity index (χ3v) is 4.48. The lowest BCUT2D eigenvalue weighted by atomic mass is 10.1. The molecule has 0 saturated carbocycles. The van der Waals surface area contributed by atoms with E-state index in [-0.39, 0.29) is 6.54 Å². The molecule has 0 aliphatic rings. The number of halogens is 1. The van der Waals surface area contributed by atoms with E-state index >= 15 is 0 Å². The first kappa shape index (κ1) is 19.1. The molecule has 0 aliphatic carbocycles. The molecule has 3 aromatic heterocycles. The van der Waals surface area contributed by atoms with E-state index in [2.05, 4.69) is 35.9 Å². The van der Waals surface area contributed by atoms with E-state index in [4.69, 9.17) is 0 Å². The summed E-state index contributed by atoms with van der Waals surface area (Å²) in [7, 11) is 0. The molecule has 10 heteroatoms. The van der Waals surface area contributed by atoms with Gasteiger partial charge in [-0.15, -0.1) is 0 Å². The lowest BCUT2D eigenvalue weighted by molar-refractivity contribution is 0.0590. The number of anilines is 3. The predicted molar refractivity (Wildman–Crippen MR) is 110 cm³/mol. The van der Waals surface area contributed by atoms with E-state index < -0.39 is 11.4 Å². The summed E-state index contributed by atoms with van der Waals surface area (Å²) in [5.41, 5.74) is 1.30. The Morgan fingerprint density at radius 2 is 2.07 bits per heavy atom. The zero-order chi connectivity index (χ0) is 20.8. The van der Waals surface area contributed by atoms with E-state index in [1.807, 2.05) is 13.8 Å². The molecule has 0 atom stereocenters. The molecule has 3 heterocycles. The summed E-state index contributed by atoms with van der Waals surface area (Å²) < 4.78 is 16.0. The minimum atomic E-state index is -1.03. The molecule has 0 saturated heterocycles. The smallest absolute Gasteiger partial charge is 0.231 e. The van der Waals surface area contributed by atoms with Crippen LogP contribution in [-0.4, -0.2) is 47.2 Å². The molecule has 0 aliphatic heterocycles. The first-order chi connectivity index (χ1) is 13.8. The number of nitrogens with one attached hydrogen (secondary N) is 3. The topological polar surface area (TPSA) is 117 Å². The van der Waals surface area contributed by atoms with Gasteiger partial charge in [0.1, 0.15) is 17.2 Å². The molecular weight excluding hydrogens is 375 g/mol. The molecule has 0 amide bonds. The lowest BCUT2D eigenvalue weighted by Crippen LogP contribution is -2.26. The monoisotopic (exact) mass is 398 g/mol. The molecule has 4 aromatic rings. The van der Waals surface area contributed by atoms with Crippen LogP contribution in [0.3, 0.4) is 0 Å². The Morgan fingerprint density at radius 3 is 2.79 bits per heavy atom. The largest absolute Gasteiger partial charge is 0.389 e.